The fourth-order valence-electron chi connectivity index (χ4n) is 0.636. The largest absolute Gasteiger partial charge is 0.329 e. The molecule has 0 amide bonds. The Bertz CT molecular complexity index is 78.0. The maximum Gasteiger partial charge on any atom is 0.0187 e. The second kappa shape index (κ2) is 6.01. The van der Waals surface area contributed by atoms with Gasteiger partial charge in [-0.1, -0.05) is 0 Å². The van der Waals surface area contributed by atoms with Crippen LogP contribution in [0.25, 0.3) is 0 Å². The van der Waals surface area contributed by atoms with E-state index in [9.17, 15) is 0 Å². The summed E-state index contributed by atoms with van der Waals surface area (Å²) in [4.78, 5) is 2.29. The van der Waals surface area contributed by atoms with Crippen molar-refractivity contribution in [1.82, 2.24) is 4.90 Å². The molecular weight excluding hydrogens is 144 g/mol. The van der Waals surface area contributed by atoms with E-state index < -0.39 is 0 Å². The first-order valence-corrected chi connectivity index (χ1v) is 5.01. The molecule has 2 N–H and O–H groups in total. The molecule has 1 unspecified atom stereocenters. The SMILES string of the molecule is CSCCN(C)C(C)CN. The van der Waals surface area contributed by atoms with Crippen molar-refractivity contribution < 1.29 is 0 Å². The van der Waals surface area contributed by atoms with Gasteiger partial charge in [-0.2, -0.15) is 11.8 Å². The third-order valence-electron chi connectivity index (χ3n) is 1.74. The molecule has 0 rings (SSSR count). The average Bonchev–Trinajstić information content (AvgIpc) is 1.98. The summed E-state index contributed by atoms with van der Waals surface area (Å²) in [5.41, 5.74) is 5.50. The van der Waals surface area contributed by atoms with Crippen molar-refractivity contribution in [3.05, 3.63) is 0 Å². The van der Waals surface area contributed by atoms with Gasteiger partial charge in [-0.3, -0.25) is 0 Å². The van der Waals surface area contributed by atoms with Crippen molar-refractivity contribution in [3.8, 4) is 0 Å². The number of hydrogen-bond acceptors (Lipinski definition) is 3. The van der Waals surface area contributed by atoms with Crippen LogP contribution in [-0.4, -0.2) is 43.1 Å². The topological polar surface area (TPSA) is 29.3 Å². The van der Waals surface area contributed by atoms with E-state index in [1.54, 1.807) is 0 Å². The molecule has 0 aromatic rings. The molecule has 0 aromatic heterocycles. The van der Waals surface area contributed by atoms with Crippen molar-refractivity contribution in [2.45, 2.75) is 13.0 Å². The van der Waals surface area contributed by atoms with Crippen molar-refractivity contribution in [2.24, 2.45) is 5.73 Å². The van der Waals surface area contributed by atoms with Crippen LogP contribution in [0.15, 0.2) is 0 Å². The van der Waals surface area contributed by atoms with Crippen LogP contribution in [0.2, 0.25) is 0 Å². The third kappa shape index (κ3) is 4.14. The van der Waals surface area contributed by atoms with Gasteiger partial charge in [0.1, 0.15) is 0 Å². The lowest BCUT2D eigenvalue weighted by molar-refractivity contribution is 0.279. The zero-order chi connectivity index (χ0) is 7.98. The van der Waals surface area contributed by atoms with Gasteiger partial charge >= 0.3 is 0 Å². The molecule has 0 aliphatic rings. The molecule has 62 valence electrons. The van der Waals surface area contributed by atoms with Gasteiger partial charge in [0.05, 0.1) is 0 Å². The van der Waals surface area contributed by atoms with Gasteiger partial charge in [0.15, 0.2) is 0 Å². The number of nitrogens with zero attached hydrogens (tertiary/aromatic N) is 1. The Kier molecular flexibility index (Phi) is 6.17. The summed E-state index contributed by atoms with van der Waals surface area (Å²) < 4.78 is 0. The van der Waals surface area contributed by atoms with Crippen LogP contribution in [-0.2, 0) is 0 Å². The van der Waals surface area contributed by atoms with Gasteiger partial charge in [-0.25, -0.2) is 0 Å². The quantitative estimate of drug-likeness (QED) is 0.643. The van der Waals surface area contributed by atoms with Gasteiger partial charge in [0.2, 0.25) is 0 Å². The van der Waals surface area contributed by atoms with Crippen LogP contribution in [0.3, 0.4) is 0 Å². The van der Waals surface area contributed by atoms with E-state index in [1.807, 2.05) is 11.8 Å². The predicted molar refractivity (Wildman–Crippen MR) is 49.5 cm³/mol. The van der Waals surface area contributed by atoms with Crippen LogP contribution in [0.4, 0.5) is 0 Å². The highest BCUT2D eigenvalue weighted by molar-refractivity contribution is 7.98. The molecule has 0 saturated heterocycles. The molecule has 10 heavy (non-hydrogen) atoms. The van der Waals surface area contributed by atoms with Crippen LogP contribution in [0.1, 0.15) is 6.92 Å². The molecule has 0 bridgehead atoms. The Balaban J connectivity index is 3.31. The fraction of sp³-hybridized carbons (Fsp3) is 1.00. The van der Waals surface area contributed by atoms with Gasteiger partial charge in [-0.15, -0.1) is 0 Å². The monoisotopic (exact) mass is 162 g/mol. The molecule has 0 radical (unpaired) electrons. The first kappa shape index (κ1) is 10.3. The number of nitrogens with two attached hydrogens (primary N) is 1. The maximum atomic E-state index is 5.50. The fourth-order valence-corrected chi connectivity index (χ4v) is 1.11. The summed E-state index contributed by atoms with van der Waals surface area (Å²) in [6.45, 7) is 4.05. The Morgan fingerprint density at radius 2 is 2.20 bits per heavy atom. The average molecular weight is 162 g/mol. The lowest BCUT2D eigenvalue weighted by Gasteiger charge is -2.22. The number of hydrogen-bond donors (Lipinski definition) is 1. The van der Waals surface area contributed by atoms with Crippen LogP contribution in [0, 0.1) is 0 Å². The minimum absolute atomic E-state index is 0.521. The molecule has 0 fully saturated rings. The standard InChI is InChI=1S/C7H18N2S/c1-7(6-8)9(2)4-5-10-3/h7H,4-6,8H2,1-3H3. The molecule has 0 saturated carbocycles. The van der Waals surface area contributed by atoms with Gasteiger partial charge in [0.25, 0.3) is 0 Å². The number of likely N-dealkylation sites (N-methyl/N-ethyl adjacent to an activating group) is 1. The summed E-state index contributed by atoms with van der Waals surface area (Å²) >= 11 is 1.88. The van der Waals surface area contributed by atoms with Crippen molar-refractivity contribution >= 4 is 11.8 Å². The van der Waals surface area contributed by atoms with E-state index in [2.05, 4.69) is 25.1 Å². The van der Waals surface area contributed by atoms with E-state index >= 15 is 0 Å². The van der Waals surface area contributed by atoms with E-state index in [0.29, 0.717) is 6.04 Å². The normalized spacial score (nSPS) is 14.1. The summed E-state index contributed by atoms with van der Waals surface area (Å²) in [5.74, 6) is 1.20. The van der Waals surface area contributed by atoms with Crippen LogP contribution in [0.5, 0.6) is 0 Å². The lowest BCUT2D eigenvalue weighted by Crippen LogP contribution is -2.36. The molecule has 0 aromatic carbocycles. The molecule has 1 atom stereocenters. The molecule has 3 heteroatoms. The maximum absolute atomic E-state index is 5.50. The first-order valence-electron chi connectivity index (χ1n) is 3.61. The number of thioether (sulfide) groups is 1. The van der Waals surface area contributed by atoms with E-state index in [0.717, 1.165) is 13.1 Å². The zero-order valence-corrected chi connectivity index (χ0v) is 7.95. The molecule has 0 aliphatic heterocycles. The lowest BCUT2D eigenvalue weighted by atomic mass is 10.3. The number of rotatable bonds is 5. The Morgan fingerprint density at radius 3 is 2.60 bits per heavy atom. The van der Waals surface area contributed by atoms with E-state index in [1.165, 1.54) is 5.75 Å². The van der Waals surface area contributed by atoms with Gasteiger partial charge in [0, 0.05) is 24.9 Å². The summed E-state index contributed by atoms with van der Waals surface area (Å²) in [7, 11) is 2.12. The Labute approximate surface area is 68.2 Å². The minimum Gasteiger partial charge on any atom is -0.329 e. The summed E-state index contributed by atoms with van der Waals surface area (Å²) in [6, 6.07) is 0.521. The molecule has 0 spiro atoms. The van der Waals surface area contributed by atoms with E-state index in [4.69, 9.17) is 5.73 Å². The van der Waals surface area contributed by atoms with E-state index in [-0.39, 0.29) is 0 Å². The smallest absolute Gasteiger partial charge is 0.0187 e. The first-order chi connectivity index (χ1) is 4.72. The van der Waals surface area contributed by atoms with Crippen LogP contribution >= 0.6 is 11.8 Å². The minimum atomic E-state index is 0.521. The summed E-state index contributed by atoms with van der Waals surface area (Å²) in [6.07, 6.45) is 2.13. The van der Waals surface area contributed by atoms with Crippen molar-refractivity contribution in [3.63, 3.8) is 0 Å². The van der Waals surface area contributed by atoms with Crippen molar-refractivity contribution in [2.75, 3.05) is 32.1 Å². The highest BCUT2D eigenvalue weighted by Crippen LogP contribution is 1.96. The van der Waals surface area contributed by atoms with Crippen LogP contribution < -0.4 is 5.73 Å². The second-order valence-electron chi connectivity index (χ2n) is 2.56. The predicted octanol–water partition coefficient (Wildman–Crippen LogP) is 0.628. The molecule has 2 nitrogen and oxygen atoms in total. The van der Waals surface area contributed by atoms with Gasteiger partial charge in [-0.05, 0) is 20.2 Å². The molecule has 0 aliphatic carbocycles. The van der Waals surface area contributed by atoms with Gasteiger partial charge < -0.3 is 10.6 Å². The Hall–Kier alpha value is 0.270. The molecule has 0 heterocycles. The molecular formula is C7H18N2S. The summed E-state index contributed by atoms with van der Waals surface area (Å²) in [5, 5.41) is 0. The third-order valence-corrected chi connectivity index (χ3v) is 2.33. The highest BCUT2D eigenvalue weighted by Gasteiger charge is 2.04. The Morgan fingerprint density at radius 1 is 1.60 bits per heavy atom. The van der Waals surface area contributed by atoms with Crippen molar-refractivity contribution in [1.29, 1.82) is 0 Å². The zero-order valence-electron chi connectivity index (χ0n) is 7.13. The second-order valence-corrected chi connectivity index (χ2v) is 3.54. The highest BCUT2D eigenvalue weighted by atomic mass is 32.2.